The van der Waals surface area contributed by atoms with Gasteiger partial charge in [0.25, 0.3) is 0 Å². The average Bonchev–Trinajstić information content (AvgIpc) is 3.64. The predicted molar refractivity (Wildman–Crippen MR) is 207 cm³/mol. The second kappa shape index (κ2) is 11.9. The maximum absolute atomic E-state index is 6.17. The molecule has 0 aliphatic carbocycles. The van der Waals surface area contributed by atoms with Crippen LogP contribution in [0.4, 0.5) is 0 Å². The fraction of sp³-hybridized carbons (Fsp3) is 0. The number of oxazole rings is 1. The quantitative estimate of drug-likeness (QED) is 0.173. The Balaban J connectivity index is 1.11. The van der Waals surface area contributed by atoms with Crippen LogP contribution in [0.5, 0.6) is 0 Å². The van der Waals surface area contributed by atoms with Crippen molar-refractivity contribution in [3.8, 4) is 56.1 Å². The summed E-state index contributed by atoms with van der Waals surface area (Å²) in [7, 11) is 0. The molecule has 4 heterocycles. The fourth-order valence-corrected chi connectivity index (χ4v) is 6.94. The van der Waals surface area contributed by atoms with Crippen molar-refractivity contribution in [2.45, 2.75) is 0 Å². The summed E-state index contributed by atoms with van der Waals surface area (Å²) in [5.41, 5.74) is 13.6. The molecule has 0 unspecified atom stereocenters. The molecular formula is C46H28N4O. The van der Waals surface area contributed by atoms with Gasteiger partial charge in [0.05, 0.1) is 22.2 Å². The lowest BCUT2D eigenvalue weighted by Crippen LogP contribution is -1.91. The van der Waals surface area contributed by atoms with Gasteiger partial charge in [-0.2, -0.15) is 0 Å². The predicted octanol–water partition coefficient (Wildman–Crippen LogP) is 11.8. The fourth-order valence-electron chi connectivity index (χ4n) is 6.94. The number of aromatic nitrogens is 4. The number of rotatable bonds is 5. The van der Waals surface area contributed by atoms with Gasteiger partial charge < -0.3 is 4.42 Å². The monoisotopic (exact) mass is 652 g/mol. The van der Waals surface area contributed by atoms with Crippen molar-refractivity contribution in [3.63, 3.8) is 0 Å². The van der Waals surface area contributed by atoms with Crippen LogP contribution in [0.25, 0.3) is 99.9 Å². The van der Waals surface area contributed by atoms with Crippen LogP contribution in [-0.2, 0) is 0 Å². The van der Waals surface area contributed by atoms with Crippen LogP contribution in [0.3, 0.4) is 0 Å². The summed E-state index contributed by atoms with van der Waals surface area (Å²) in [6.45, 7) is 0. The molecule has 0 saturated heterocycles. The Kier molecular flexibility index (Phi) is 6.74. The zero-order valence-electron chi connectivity index (χ0n) is 27.4. The molecule has 0 radical (unpaired) electrons. The Morgan fingerprint density at radius 3 is 1.98 bits per heavy atom. The molecule has 0 amide bonds. The Bertz CT molecular complexity index is 2920. The van der Waals surface area contributed by atoms with E-state index < -0.39 is 0 Å². The zero-order valence-corrected chi connectivity index (χ0v) is 27.4. The van der Waals surface area contributed by atoms with Crippen molar-refractivity contribution in [1.82, 2.24) is 19.9 Å². The van der Waals surface area contributed by atoms with Crippen molar-refractivity contribution in [2.75, 3.05) is 0 Å². The molecule has 238 valence electrons. The normalized spacial score (nSPS) is 11.5. The molecule has 0 aliphatic rings. The first-order chi connectivity index (χ1) is 25.2. The molecule has 0 atom stereocenters. The van der Waals surface area contributed by atoms with Gasteiger partial charge in [-0.15, -0.1) is 0 Å². The van der Waals surface area contributed by atoms with Crippen molar-refractivity contribution < 1.29 is 4.42 Å². The molecule has 0 aliphatic heterocycles. The number of hydrogen-bond donors (Lipinski definition) is 0. The minimum atomic E-state index is 0.607. The summed E-state index contributed by atoms with van der Waals surface area (Å²) < 4.78 is 6.17. The van der Waals surface area contributed by atoms with Crippen LogP contribution >= 0.6 is 0 Å². The molecule has 10 rings (SSSR count). The summed E-state index contributed by atoms with van der Waals surface area (Å²) in [5, 5.41) is 3.20. The Morgan fingerprint density at radius 2 is 1.10 bits per heavy atom. The van der Waals surface area contributed by atoms with Crippen molar-refractivity contribution >= 4 is 43.8 Å². The first kappa shape index (κ1) is 29.0. The number of fused-ring (bicyclic) bond motifs is 5. The summed E-state index contributed by atoms with van der Waals surface area (Å²) in [5.74, 6) is 0.607. The average molecular weight is 653 g/mol. The lowest BCUT2D eigenvalue weighted by Gasteiger charge is -2.14. The minimum Gasteiger partial charge on any atom is -0.436 e. The van der Waals surface area contributed by atoms with Crippen LogP contribution in [0, 0.1) is 0 Å². The van der Waals surface area contributed by atoms with E-state index in [2.05, 4.69) is 91.0 Å². The minimum absolute atomic E-state index is 0.607. The zero-order chi connectivity index (χ0) is 33.7. The van der Waals surface area contributed by atoms with Gasteiger partial charge in [-0.05, 0) is 76.9 Å². The molecule has 0 bridgehead atoms. The molecule has 5 heteroatoms. The molecular weight excluding hydrogens is 625 g/mol. The number of hydrogen-bond acceptors (Lipinski definition) is 5. The van der Waals surface area contributed by atoms with E-state index >= 15 is 0 Å². The summed E-state index contributed by atoms with van der Waals surface area (Å²) in [4.78, 5) is 19.8. The smallest absolute Gasteiger partial charge is 0.227 e. The van der Waals surface area contributed by atoms with Crippen molar-refractivity contribution in [3.05, 3.63) is 170 Å². The van der Waals surface area contributed by atoms with Crippen LogP contribution in [0.2, 0.25) is 0 Å². The highest BCUT2D eigenvalue weighted by atomic mass is 16.3. The highest BCUT2D eigenvalue weighted by molar-refractivity contribution is 6.04. The highest BCUT2D eigenvalue weighted by Gasteiger charge is 2.16. The summed E-state index contributed by atoms with van der Waals surface area (Å²) in [6.07, 6.45) is 3.92. The van der Waals surface area contributed by atoms with Crippen molar-refractivity contribution in [1.29, 1.82) is 0 Å². The third-order valence-corrected chi connectivity index (χ3v) is 9.55. The lowest BCUT2D eigenvalue weighted by atomic mass is 9.91. The van der Waals surface area contributed by atoms with E-state index in [9.17, 15) is 0 Å². The number of benzene rings is 6. The topological polar surface area (TPSA) is 64.7 Å². The maximum atomic E-state index is 6.17. The van der Waals surface area contributed by atoms with E-state index in [1.807, 2.05) is 79.1 Å². The summed E-state index contributed by atoms with van der Waals surface area (Å²) >= 11 is 0. The number of nitrogens with zero attached hydrogens (tertiary/aromatic N) is 4. The van der Waals surface area contributed by atoms with Crippen LogP contribution in [0.15, 0.2) is 175 Å². The molecule has 4 aromatic heterocycles. The SMILES string of the molecule is c1ccc(-c2ccc3ccc4cc(-c5ccc(-c6cnc7ccccc7c6)c(-c6ccc7oc(-c8ccccc8)nc7c6)c5)cnc4c3n2)cc1. The van der Waals surface area contributed by atoms with E-state index in [4.69, 9.17) is 24.4 Å². The molecule has 5 nitrogen and oxygen atoms in total. The number of pyridine rings is 3. The first-order valence-electron chi connectivity index (χ1n) is 16.9. The van der Waals surface area contributed by atoms with Crippen LogP contribution < -0.4 is 0 Å². The van der Waals surface area contributed by atoms with Gasteiger partial charge in [-0.1, -0.05) is 103 Å². The van der Waals surface area contributed by atoms with Gasteiger partial charge in [-0.3, -0.25) is 9.97 Å². The van der Waals surface area contributed by atoms with E-state index in [1.54, 1.807) is 0 Å². The Hall–Kier alpha value is -6.98. The van der Waals surface area contributed by atoms with Crippen LogP contribution in [0.1, 0.15) is 0 Å². The van der Waals surface area contributed by atoms with E-state index in [0.29, 0.717) is 5.89 Å². The van der Waals surface area contributed by atoms with Crippen molar-refractivity contribution in [2.24, 2.45) is 0 Å². The largest absolute Gasteiger partial charge is 0.436 e. The second-order valence-corrected chi connectivity index (χ2v) is 12.7. The van der Waals surface area contributed by atoms with E-state index in [1.165, 1.54) is 0 Å². The maximum Gasteiger partial charge on any atom is 0.227 e. The van der Waals surface area contributed by atoms with E-state index in [-0.39, 0.29) is 0 Å². The Labute approximate surface area is 293 Å². The van der Waals surface area contributed by atoms with E-state index in [0.717, 1.165) is 94.0 Å². The van der Waals surface area contributed by atoms with Gasteiger partial charge in [0.15, 0.2) is 5.58 Å². The lowest BCUT2D eigenvalue weighted by molar-refractivity contribution is 0.620. The van der Waals surface area contributed by atoms with Gasteiger partial charge >= 0.3 is 0 Å². The van der Waals surface area contributed by atoms with Crippen LogP contribution in [-0.4, -0.2) is 19.9 Å². The molecule has 10 aromatic rings. The van der Waals surface area contributed by atoms with Gasteiger partial charge in [-0.25, -0.2) is 9.97 Å². The summed E-state index contributed by atoms with van der Waals surface area (Å²) in [6, 6.07) is 54.2. The Morgan fingerprint density at radius 1 is 0.373 bits per heavy atom. The number of para-hydroxylation sites is 1. The second-order valence-electron chi connectivity index (χ2n) is 12.7. The molecule has 0 fully saturated rings. The third-order valence-electron chi connectivity index (χ3n) is 9.55. The molecule has 0 spiro atoms. The third kappa shape index (κ3) is 5.20. The molecule has 6 aromatic carbocycles. The molecule has 0 saturated carbocycles. The van der Waals surface area contributed by atoms with Gasteiger partial charge in [0.1, 0.15) is 5.52 Å². The first-order valence-corrected chi connectivity index (χ1v) is 16.9. The van der Waals surface area contributed by atoms with Gasteiger partial charge in [0, 0.05) is 50.8 Å². The van der Waals surface area contributed by atoms with Gasteiger partial charge in [0.2, 0.25) is 5.89 Å². The molecule has 0 N–H and O–H groups in total. The highest BCUT2D eigenvalue weighted by Crippen LogP contribution is 2.39. The standard InChI is InChI=1S/C46H28N4O/c1-3-9-29(10-4-1)41-21-18-30-15-16-35-24-36(27-48-44(35)45(30)49-41)32-17-20-38(37-23-34-13-7-8-14-40(34)47-28-37)39(25-32)33-19-22-43-42(26-33)50-46(51-43)31-11-5-2-6-12-31/h1-28H. The molecule has 51 heavy (non-hydrogen) atoms.